The van der Waals surface area contributed by atoms with Gasteiger partial charge >= 0.3 is 6.03 Å². The van der Waals surface area contributed by atoms with Crippen molar-refractivity contribution in [2.45, 2.75) is 37.1 Å². The maximum Gasteiger partial charge on any atom is 0.321 e. The zero-order valence-electron chi connectivity index (χ0n) is 17.3. The predicted molar refractivity (Wildman–Crippen MR) is 113 cm³/mol. The number of benzene rings is 1. The van der Waals surface area contributed by atoms with Gasteiger partial charge in [0.2, 0.25) is 5.91 Å². The molecular weight excluding hydrogens is 432 g/mol. The molecule has 0 radical (unpaired) electrons. The third-order valence-corrected chi connectivity index (χ3v) is 6.38. The van der Waals surface area contributed by atoms with Gasteiger partial charge in [-0.15, -0.1) is 0 Å². The summed E-state index contributed by atoms with van der Waals surface area (Å²) in [5.74, 6) is -0.631. The van der Waals surface area contributed by atoms with E-state index < -0.39 is 24.9 Å². The Morgan fingerprint density at radius 2 is 2.06 bits per heavy atom. The van der Waals surface area contributed by atoms with Crippen molar-refractivity contribution >= 4 is 28.5 Å². The summed E-state index contributed by atoms with van der Waals surface area (Å²) in [7, 11) is 0. The van der Waals surface area contributed by atoms with Crippen molar-refractivity contribution in [2.24, 2.45) is 0 Å². The fourth-order valence-corrected chi connectivity index (χ4v) is 4.68. The van der Waals surface area contributed by atoms with Crippen molar-refractivity contribution in [2.75, 3.05) is 6.54 Å². The largest absolute Gasteiger partial charge is 0.337 e. The van der Waals surface area contributed by atoms with Crippen LogP contribution in [0, 0.1) is 0 Å². The zero-order chi connectivity index (χ0) is 22.7. The lowest BCUT2D eigenvalue weighted by Gasteiger charge is -2.22. The first-order valence-electron chi connectivity index (χ1n) is 10.6. The van der Waals surface area contributed by atoms with E-state index in [1.54, 1.807) is 23.1 Å². The van der Waals surface area contributed by atoms with Gasteiger partial charge < -0.3 is 5.32 Å². The molecule has 4 aromatic rings. The summed E-state index contributed by atoms with van der Waals surface area (Å²) in [6.45, 7) is -0.264. The molecular formula is C22H19F2N7O2. The van der Waals surface area contributed by atoms with Crippen LogP contribution in [0.15, 0.2) is 42.9 Å². The molecule has 168 valence electrons. The number of hydrogen-bond acceptors (Lipinski definition) is 5. The minimum atomic E-state index is -2.48. The van der Waals surface area contributed by atoms with Crippen molar-refractivity contribution in [3.63, 3.8) is 0 Å². The van der Waals surface area contributed by atoms with E-state index in [-0.39, 0.29) is 24.3 Å². The molecule has 1 saturated carbocycles. The second-order valence-electron chi connectivity index (χ2n) is 8.46. The Morgan fingerprint density at radius 1 is 1.18 bits per heavy atom. The molecule has 3 aromatic heterocycles. The van der Waals surface area contributed by atoms with Gasteiger partial charge in [-0.05, 0) is 36.0 Å². The molecule has 0 bridgehead atoms. The number of alkyl halides is 2. The highest BCUT2D eigenvalue weighted by Crippen LogP contribution is 2.55. The number of nitrogens with zero attached hydrogens (tertiary/aromatic N) is 5. The fourth-order valence-electron chi connectivity index (χ4n) is 4.68. The molecule has 2 N–H and O–H groups in total. The highest BCUT2D eigenvalue weighted by molar-refractivity contribution is 6.00. The number of fused-ring (bicyclic) bond motifs is 2. The summed E-state index contributed by atoms with van der Waals surface area (Å²) in [6.07, 6.45) is 3.38. The minimum Gasteiger partial charge on any atom is -0.337 e. The summed E-state index contributed by atoms with van der Waals surface area (Å²) in [5.41, 5.74) is 3.99. The monoisotopic (exact) mass is 451 g/mol. The van der Waals surface area contributed by atoms with E-state index in [9.17, 15) is 18.4 Å². The SMILES string of the molecule is O=C1NCC(c2cc([C@@H]3C[C@H]3c3ccc4cnn(CC(F)F)c4c3)c3nccn3n2)C(=O)N1. The van der Waals surface area contributed by atoms with E-state index in [0.717, 1.165) is 28.6 Å². The van der Waals surface area contributed by atoms with Gasteiger partial charge in [0.25, 0.3) is 6.43 Å². The molecule has 33 heavy (non-hydrogen) atoms. The lowest BCUT2D eigenvalue weighted by atomic mass is 9.99. The molecule has 1 aliphatic heterocycles. The van der Waals surface area contributed by atoms with Crippen molar-refractivity contribution in [3.05, 3.63) is 59.7 Å². The second kappa shape index (κ2) is 7.32. The van der Waals surface area contributed by atoms with Crippen molar-refractivity contribution in [1.29, 1.82) is 0 Å². The van der Waals surface area contributed by atoms with Crippen LogP contribution in [0.4, 0.5) is 13.6 Å². The molecule has 4 heterocycles. The molecule has 1 aliphatic carbocycles. The molecule has 3 amide bonds. The Morgan fingerprint density at radius 3 is 2.88 bits per heavy atom. The van der Waals surface area contributed by atoms with Gasteiger partial charge in [-0.2, -0.15) is 10.2 Å². The first-order valence-corrected chi connectivity index (χ1v) is 10.6. The van der Waals surface area contributed by atoms with Gasteiger partial charge in [-0.25, -0.2) is 23.1 Å². The Balaban J connectivity index is 1.34. The number of amides is 3. The van der Waals surface area contributed by atoms with Gasteiger partial charge in [0, 0.05) is 29.9 Å². The maximum absolute atomic E-state index is 12.9. The molecule has 1 aromatic carbocycles. The van der Waals surface area contributed by atoms with Crippen LogP contribution in [0.1, 0.15) is 41.0 Å². The first kappa shape index (κ1) is 19.8. The Hall–Kier alpha value is -3.89. The maximum atomic E-state index is 12.9. The number of imide groups is 1. The summed E-state index contributed by atoms with van der Waals surface area (Å²) < 4.78 is 28.8. The first-order chi connectivity index (χ1) is 16.0. The number of nitrogens with one attached hydrogen (secondary N) is 2. The Bertz CT molecular complexity index is 1410. The van der Waals surface area contributed by atoms with Gasteiger partial charge in [0.15, 0.2) is 5.65 Å². The molecule has 0 spiro atoms. The van der Waals surface area contributed by atoms with Crippen LogP contribution in [0.3, 0.4) is 0 Å². The van der Waals surface area contributed by atoms with E-state index in [2.05, 4.69) is 25.8 Å². The highest BCUT2D eigenvalue weighted by atomic mass is 19.3. The molecule has 1 unspecified atom stereocenters. The molecule has 3 atom stereocenters. The number of carbonyl (C=O) groups excluding carboxylic acids is 2. The minimum absolute atomic E-state index is 0.154. The van der Waals surface area contributed by atoms with Crippen LogP contribution < -0.4 is 10.6 Å². The zero-order valence-corrected chi connectivity index (χ0v) is 17.3. The van der Waals surface area contributed by atoms with Crippen LogP contribution in [0.2, 0.25) is 0 Å². The van der Waals surface area contributed by atoms with Crippen LogP contribution in [0.5, 0.6) is 0 Å². The number of carbonyl (C=O) groups is 2. The number of aromatic nitrogens is 5. The quantitative estimate of drug-likeness (QED) is 0.485. The number of rotatable bonds is 5. The highest BCUT2D eigenvalue weighted by Gasteiger charge is 2.42. The van der Waals surface area contributed by atoms with Gasteiger partial charge in [0.1, 0.15) is 6.54 Å². The van der Waals surface area contributed by atoms with Crippen LogP contribution in [0.25, 0.3) is 16.6 Å². The van der Waals surface area contributed by atoms with Crippen LogP contribution in [-0.2, 0) is 11.3 Å². The van der Waals surface area contributed by atoms with Crippen molar-refractivity contribution in [1.82, 2.24) is 35.0 Å². The number of hydrogen-bond donors (Lipinski definition) is 2. The molecule has 1 saturated heterocycles. The lowest BCUT2D eigenvalue weighted by molar-refractivity contribution is -0.122. The van der Waals surface area contributed by atoms with Crippen molar-refractivity contribution < 1.29 is 18.4 Å². The number of urea groups is 1. The Kier molecular flexibility index (Phi) is 4.39. The van der Waals surface area contributed by atoms with Crippen molar-refractivity contribution in [3.8, 4) is 0 Å². The van der Waals surface area contributed by atoms with E-state index >= 15 is 0 Å². The lowest BCUT2D eigenvalue weighted by Crippen LogP contribution is -2.51. The summed E-state index contributed by atoms with van der Waals surface area (Å²) >= 11 is 0. The van der Waals surface area contributed by atoms with Crippen LogP contribution in [-0.4, -0.2) is 49.3 Å². The van der Waals surface area contributed by atoms with E-state index in [1.165, 1.54) is 4.68 Å². The molecule has 6 rings (SSSR count). The predicted octanol–water partition coefficient (Wildman–Crippen LogP) is 2.54. The second-order valence-corrected chi connectivity index (χ2v) is 8.46. The fraction of sp³-hybridized carbons (Fsp3) is 0.318. The third kappa shape index (κ3) is 3.40. The average molecular weight is 451 g/mol. The molecule has 9 nitrogen and oxygen atoms in total. The van der Waals surface area contributed by atoms with Gasteiger partial charge in [0.05, 0.1) is 23.3 Å². The average Bonchev–Trinajstić information content (AvgIpc) is 3.26. The summed E-state index contributed by atoms with van der Waals surface area (Å²) in [5, 5.41) is 14.4. The van der Waals surface area contributed by atoms with E-state index in [0.29, 0.717) is 11.2 Å². The summed E-state index contributed by atoms with van der Waals surface area (Å²) in [6, 6.07) is 7.24. The molecule has 2 aliphatic rings. The number of halogens is 2. The standard InChI is InChI=1S/C22H19F2N7O2/c23-19(24)10-31-18-5-11(1-2-12(18)8-27-31)13-6-14(13)15-7-17(29-30-4-3-25-20(15)30)16-9-26-22(33)28-21(16)32/h1-5,7-8,13-14,16,19H,6,9-10H2,(H2,26,28,32,33)/t13-,14+,16?/m0/s1. The van der Waals surface area contributed by atoms with E-state index in [4.69, 9.17) is 0 Å². The number of imidazole rings is 1. The normalized spacial score (nSPS) is 22.7. The molecule has 2 fully saturated rings. The molecule has 11 heteroatoms. The smallest absolute Gasteiger partial charge is 0.321 e. The van der Waals surface area contributed by atoms with Gasteiger partial charge in [-0.1, -0.05) is 12.1 Å². The van der Waals surface area contributed by atoms with Crippen LogP contribution >= 0.6 is 0 Å². The Labute approximate surface area is 185 Å². The third-order valence-electron chi connectivity index (χ3n) is 6.38. The van der Waals surface area contributed by atoms with E-state index in [1.807, 2.05) is 24.3 Å². The summed E-state index contributed by atoms with van der Waals surface area (Å²) in [4.78, 5) is 28.3. The van der Waals surface area contributed by atoms with Gasteiger partial charge in [-0.3, -0.25) is 14.8 Å². The topological polar surface area (TPSA) is 106 Å².